The number of rotatable bonds is 5. The van der Waals surface area contributed by atoms with E-state index in [9.17, 15) is 9.59 Å². The molecule has 0 atom stereocenters. The van der Waals surface area contributed by atoms with Crippen LogP contribution in [0.25, 0.3) is 11.3 Å². The van der Waals surface area contributed by atoms with Crippen LogP contribution in [0.3, 0.4) is 0 Å². The van der Waals surface area contributed by atoms with Crippen molar-refractivity contribution in [3.63, 3.8) is 0 Å². The van der Waals surface area contributed by atoms with Crippen molar-refractivity contribution in [1.29, 1.82) is 0 Å². The van der Waals surface area contributed by atoms with Crippen LogP contribution in [0.15, 0.2) is 23.8 Å². The van der Waals surface area contributed by atoms with E-state index in [2.05, 4.69) is 20.5 Å². The monoisotopic (exact) mass is 346 g/mol. The van der Waals surface area contributed by atoms with Gasteiger partial charge in [-0.15, -0.1) is 11.3 Å². The second-order valence-corrected chi connectivity index (χ2v) is 5.89. The summed E-state index contributed by atoms with van der Waals surface area (Å²) in [6.45, 7) is 1.74. The first-order valence-electron chi connectivity index (χ1n) is 6.95. The normalized spacial score (nSPS) is 10.8. The van der Waals surface area contributed by atoms with E-state index in [-0.39, 0.29) is 12.2 Å². The zero-order valence-electron chi connectivity index (χ0n) is 12.9. The highest BCUT2D eigenvalue weighted by atomic mass is 32.1. The van der Waals surface area contributed by atoms with Gasteiger partial charge in [0.05, 0.1) is 11.9 Å². The lowest BCUT2D eigenvalue weighted by molar-refractivity contribution is -0.116. The third-order valence-electron chi connectivity index (χ3n) is 3.49. The molecule has 3 aromatic heterocycles. The molecule has 3 heterocycles. The zero-order valence-corrected chi connectivity index (χ0v) is 13.7. The first kappa shape index (κ1) is 15.9. The highest BCUT2D eigenvalue weighted by molar-refractivity contribution is 7.14. The molecule has 0 bridgehead atoms. The maximum Gasteiger partial charge on any atom is 0.354 e. The molecule has 3 aromatic rings. The van der Waals surface area contributed by atoms with Gasteiger partial charge in [0.2, 0.25) is 5.91 Å². The number of nitrogens with zero attached hydrogens (tertiary/aromatic N) is 5. The molecule has 0 radical (unpaired) electrons. The fraction of sp³-hybridized carbons (Fsp3) is 0.214. The Labute approximate surface area is 140 Å². The minimum Gasteiger partial charge on any atom is -0.477 e. The smallest absolute Gasteiger partial charge is 0.354 e. The van der Waals surface area contributed by atoms with Gasteiger partial charge in [0.15, 0.2) is 5.13 Å². The molecule has 10 heteroatoms. The lowest BCUT2D eigenvalue weighted by Crippen LogP contribution is -2.22. The molecule has 24 heavy (non-hydrogen) atoms. The maximum atomic E-state index is 12.1. The van der Waals surface area contributed by atoms with Gasteiger partial charge < -0.3 is 10.4 Å². The Hall–Kier alpha value is -3.01. The van der Waals surface area contributed by atoms with Crippen molar-refractivity contribution in [2.24, 2.45) is 7.05 Å². The molecule has 0 aliphatic heterocycles. The third kappa shape index (κ3) is 3.04. The first-order valence-corrected chi connectivity index (χ1v) is 7.83. The van der Waals surface area contributed by atoms with Gasteiger partial charge in [0.1, 0.15) is 12.2 Å². The van der Waals surface area contributed by atoms with Gasteiger partial charge in [0, 0.05) is 29.9 Å². The number of aromatic nitrogens is 5. The summed E-state index contributed by atoms with van der Waals surface area (Å²) in [7, 11) is 1.85. The van der Waals surface area contributed by atoms with E-state index in [1.54, 1.807) is 10.9 Å². The number of amides is 1. The predicted molar refractivity (Wildman–Crippen MR) is 86.9 cm³/mol. The lowest BCUT2D eigenvalue weighted by atomic mass is 10.2. The number of carbonyl (C=O) groups is 2. The second kappa shape index (κ2) is 6.24. The fourth-order valence-corrected chi connectivity index (χ4v) is 2.87. The van der Waals surface area contributed by atoms with Crippen molar-refractivity contribution in [3.05, 3.63) is 35.2 Å². The van der Waals surface area contributed by atoms with E-state index in [4.69, 9.17) is 5.11 Å². The molecule has 0 unspecified atom stereocenters. The number of hydrogen-bond acceptors (Lipinski definition) is 6. The van der Waals surface area contributed by atoms with Gasteiger partial charge >= 0.3 is 5.97 Å². The van der Waals surface area contributed by atoms with Crippen LogP contribution in [0.4, 0.5) is 5.13 Å². The van der Waals surface area contributed by atoms with Crippen LogP contribution in [0.2, 0.25) is 0 Å². The van der Waals surface area contributed by atoms with Crippen molar-refractivity contribution in [2.45, 2.75) is 13.5 Å². The number of hydrogen-bond donors (Lipinski definition) is 2. The van der Waals surface area contributed by atoms with E-state index >= 15 is 0 Å². The molecule has 124 valence electrons. The van der Waals surface area contributed by atoms with E-state index in [0.29, 0.717) is 5.13 Å². The summed E-state index contributed by atoms with van der Waals surface area (Å²) >= 11 is 1.29. The average Bonchev–Trinajstić information content (AvgIpc) is 3.22. The Bertz CT molecular complexity index is 909. The van der Waals surface area contributed by atoms with Crippen LogP contribution in [0.5, 0.6) is 0 Å². The number of aryl methyl sites for hydroxylation is 1. The largest absolute Gasteiger partial charge is 0.477 e. The van der Waals surface area contributed by atoms with E-state index in [1.807, 2.05) is 19.4 Å². The highest BCUT2D eigenvalue weighted by Crippen LogP contribution is 2.26. The van der Waals surface area contributed by atoms with Gasteiger partial charge in [-0.25, -0.2) is 14.5 Å². The summed E-state index contributed by atoms with van der Waals surface area (Å²) in [5.74, 6) is -1.53. The number of thiazole rings is 1. The van der Waals surface area contributed by atoms with Crippen molar-refractivity contribution < 1.29 is 14.7 Å². The standard InChI is InChI=1S/C14H14N6O3S/c1-8-9(5-16-19(8)2)10-7-24-14(17-10)18-12(21)6-20-11(13(22)23)3-4-15-20/h3-5,7H,6H2,1-2H3,(H,22,23)(H,17,18,21). The van der Waals surface area contributed by atoms with Gasteiger partial charge in [-0.2, -0.15) is 10.2 Å². The van der Waals surface area contributed by atoms with Crippen LogP contribution in [-0.2, 0) is 18.4 Å². The lowest BCUT2D eigenvalue weighted by Gasteiger charge is -2.04. The molecule has 0 saturated heterocycles. The van der Waals surface area contributed by atoms with Crippen molar-refractivity contribution >= 4 is 28.3 Å². The summed E-state index contributed by atoms with van der Waals surface area (Å²) < 4.78 is 2.87. The molecule has 0 spiro atoms. The van der Waals surface area contributed by atoms with E-state index < -0.39 is 11.9 Å². The molecular formula is C14H14N6O3S. The molecule has 0 saturated carbocycles. The number of carboxylic acids is 1. The molecule has 9 nitrogen and oxygen atoms in total. The van der Waals surface area contributed by atoms with Crippen LogP contribution >= 0.6 is 11.3 Å². The van der Waals surface area contributed by atoms with Crippen LogP contribution in [0.1, 0.15) is 16.2 Å². The number of carbonyl (C=O) groups excluding carboxylic acids is 1. The quantitative estimate of drug-likeness (QED) is 0.721. The predicted octanol–water partition coefficient (Wildman–Crippen LogP) is 1.39. The molecule has 0 aliphatic carbocycles. The molecular weight excluding hydrogens is 332 g/mol. The number of aromatic carboxylic acids is 1. The Balaban J connectivity index is 1.70. The summed E-state index contributed by atoms with van der Waals surface area (Å²) in [5.41, 5.74) is 2.55. The molecule has 0 aliphatic rings. The van der Waals surface area contributed by atoms with Gasteiger partial charge in [-0.3, -0.25) is 9.48 Å². The molecule has 0 fully saturated rings. The van der Waals surface area contributed by atoms with Crippen molar-refractivity contribution in [2.75, 3.05) is 5.32 Å². The molecule has 0 aromatic carbocycles. The number of nitrogens with one attached hydrogen (secondary N) is 1. The van der Waals surface area contributed by atoms with Crippen molar-refractivity contribution in [3.8, 4) is 11.3 Å². The number of anilines is 1. The minimum atomic E-state index is -1.14. The highest BCUT2D eigenvalue weighted by Gasteiger charge is 2.15. The SMILES string of the molecule is Cc1c(-c2csc(NC(=O)Cn3nccc3C(=O)O)n2)cnn1C. The first-order chi connectivity index (χ1) is 11.5. The Morgan fingerprint density at radius 1 is 1.38 bits per heavy atom. The third-order valence-corrected chi connectivity index (χ3v) is 4.25. The summed E-state index contributed by atoms with van der Waals surface area (Å²) in [6, 6.07) is 1.34. The van der Waals surface area contributed by atoms with Crippen LogP contribution < -0.4 is 5.32 Å². The molecule has 2 N–H and O–H groups in total. The van der Waals surface area contributed by atoms with Crippen LogP contribution in [-0.4, -0.2) is 41.5 Å². The topological polar surface area (TPSA) is 115 Å². The zero-order chi connectivity index (χ0) is 17.3. The minimum absolute atomic E-state index is 0.0454. The molecule has 3 rings (SSSR count). The van der Waals surface area contributed by atoms with Crippen molar-refractivity contribution in [1.82, 2.24) is 24.5 Å². The Morgan fingerprint density at radius 2 is 2.17 bits per heavy atom. The summed E-state index contributed by atoms with van der Waals surface area (Å²) in [6.07, 6.45) is 3.06. The summed E-state index contributed by atoms with van der Waals surface area (Å²) in [5, 5.41) is 21.9. The van der Waals surface area contributed by atoms with Gasteiger partial charge in [-0.1, -0.05) is 0 Å². The van der Waals surface area contributed by atoms with E-state index in [1.165, 1.54) is 23.6 Å². The molecule has 1 amide bonds. The Kier molecular flexibility index (Phi) is 4.13. The number of carboxylic acid groups (broad SMARTS) is 1. The second-order valence-electron chi connectivity index (χ2n) is 5.03. The maximum absolute atomic E-state index is 12.1. The fourth-order valence-electron chi connectivity index (χ4n) is 2.14. The summed E-state index contributed by atoms with van der Waals surface area (Å²) in [4.78, 5) is 27.4. The van der Waals surface area contributed by atoms with E-state index in [0.717, 1.165) is 21.6 Å². The van der Waals surface area contributed by atoms with Gasteiger partial charge in [-0.05, 0) is 13.0 Å². The average molecular weight is 346 g/mol. The Morgan fingerprint density at radius 3 is 2.83 bits per heavy atom. The van der Waals surface area contributed by atoms with Gasteiger partial charge in [0.25, 0.3) is 0 Å². The van der Waals surface area contributed by atoms with Crippen LogP contribution in [0, 0.1) is 6.92 Å².